The summed E-state index contributed by atoms with van der Waals surface area (Å²) in [6.45, 7) is 2.46. The summed E-state index contributed by atoms with van der Waals surface area (Å²) in [4.78, 5) is 30.2. The number of halogens is 1. The zero-order chi connectivity index (χ0) is 22.0. The van der Waals surface area contributed by atoms with E-state index in [2.05, 4.69) is 10.3 Å². The molecule has 2 aromatic heterocycles. The summed E-state index contributed by atoms with van der Waals surface area (Å²) in [7, 11) is 1.53. The predicted octanol–water partition coefficient (Wildman–Crippen LogP) is 4.95. The number of aromatic nitrogens is 2. The van der Waals surface area contributed by atoms with Crippen molar-refractivity contribution < 1.29 is 13.9 Å². The molecule has 1 N–H and O–H groups in total. The van der Waals surface area contributed by atoms with Gasteiger partial charge in [0.25, 0.3) is 5.56 Å². The van der Waals surface area contributed by atoms with Crippen molar-refractivity contribution in [1.29, 1.82) is 0 Å². The number of benzene rings is 2. The molecule has 0 saturated carbocycles. The number of rotatable bonds is 7. The van der Waals surface area contributed by atoms with E-state index in [0.717, 1.165) is 11.8 Å². The molecule has 0 unspecified atom stereocenters. The van der Waals surface area contributed by atoms with Crippen LogP contribution >= 0.6 is 23.4 Å². The Morgan fingerprint density at radius 2 is 2.10 bits per heavy atom. The number of thioether (sulfide) groups is 1. The van der Waals surface area contributed by atoms with Gasteiger partial charge in [-0.05, 0) is 36.8 Å². The number of ether oxygens (including phenoxy) is 1. The molecule has 0 aliphatic rings. The van der Waals surface area contributed by atoms with E-state index in [-0.39, 0.29) is 22.8 Å². The lowest BCUT2D eigenvalue weighted by atomic mass is 10.2. The summed E-state index contributed by atoms with van der Waals surface area (Å²) in [5, 5.41) is 4.46. The van der Waals surface area contributed by atoms with Gasteiger partial charge in [0.05, 0.1) is 17.9 Å². The van der Waals surface area contributed by atoms with E-state index in [4.69, 9.17) is 20.8 Å². The van der Waals surface area contributed by atoms with E-state index < -0.39 is 0 Å². The highest BCUT2D eigenvalue weighted by molar-refractivity contribution is 7.99. The second kappa shape index (κ2) is 9.03. The summed E-state index contributed by atoms with van der Waals surface area (Å²) < 4.78 is 12.4. The van der Waals surface area contributed by atoms with Crippen LogP contribution in [0, 0.1) is 0 Å². The first kappa shape index (κ1) is 21.3. The summed E-state index contributed by atoms with van der Waals surface area (Å²) in [5.41, 5.74) is 1.68. The summed E-state index contributed by atoms with van der Waals surface area (Å²) in [6, 6.07) is 12.4. The number of carbonyl (C=O) groups is 1. The lowest BCUT2D eigenvalue weighted by Crippen LogP contribution is -2.23. The number of furan rings is 1. The van der Waals surface area contributed by atoms with Gasteiger partial charge in [-0.25, -0.2) is 4.98 Å². The number of nitrogens with zero attached hydrogens (tertiary/aromatic N) is 2. The Labute approximate surface area is 187 Å². The van der Waals surface area contributed by atoms with Gasteiger partial charge in [-0.1, -0.05) is 42.4 Å². The Hall–Kier alpha value is -2.97. The van der Waals surface area contributed by atoms with E-state index >= 15 is 0 Å². The summed E-state index contributed by atoms with van der Waals surface area (Å²) in [6.07, 6.45) is 0.747. The second-order valence-electron chi connectivity index (χ2n) is 6.81. The van der Waals surface area contributed by atoms with Crippen LogP contribution in [0.5, 0.6) is 5.75 Å². The molecule has 160 valence electrons. The van der Waals surface area contributed by atoms with E-state index in [0.29, 0.717) is 39.3 Å². The van der Waals surface area contributed by atoms with E-state index in [1.54, 1.807) is 28.8 Å². The Kier molecular flexibility index (Phi) is 6.20. The van der Waals surface area contributed by atoms with Crippen LogP contribution in [0.2, 0.25) is 5.02 Å². The van der Waals surface area contributed by atoms with Crippen LogP contribution in [0.3, 0.4) is 0 Å². The highest BCUT2D eigenvalue weighted by atomic mass is 35.5. The fourth-order valence-electron chi connectivity index (χ4n) is 3.26. The third-order valence-corrected chi connectivity index (χ3v) is 5.93. The third-order valence-electron chi connectivity index (χ3n) is 4.66. The molecule has 0 saturated heterocycles. The molecule has 0 spiro atoms. The topological polar surface area (TPSA) is 86.4 Å². The van der Waals surface area contributed by atoms with Gasteiger partial charge < -0.3 is 14.5 Å². The number of amides is 1. The third kappa shape index (κ3) is 4.26. The van der Waals surface area contributed by atoms with Crippen LogP contribution in [0.1, 0.15) is 13.3 Å². The van der Waals surface area contributed by atoms with Crippen molar-refractivity contribution >= 4 is 57.0 Å². The molecule has 0 bridgehead atoms. The number of fused-ring (bicyclic) bond motifs is 3. The zero-order valence-electron chi connectivity index (χ0n) is 17.0. The molecule has 0 fully saturated rings. The van der Waals surface area contributed by atoms with Gasteiger partial charge in [-0.2, -0.15) is 0 Å². The lowest BCUT2D eigenvalue weighted by Gasteiger charge is -2.11. The van der Waals surface area contributed by atoms with Crippen LogP contribution in [-0.4, -0.2) is 28.3 Å². The first-order valence-corrected chi connectivity index (χ1v) is 11.1. The quantitative estimate of drug-likeness (QED) is 0.312. The first-order chi connectivity index (χ1) is 15.0. The Balaban J connectivity index is 1.60. The number of methoxy groups -OCH3 is 1. The molecular weight excluding hydrogens is 438 g/mol. The van der Waals surface area contributed by atoms with Gasteiger partial charge >= 0.3 is 0 Å². The fraction of sp³-hybridized carbons (Fsp3) is 0.227. The van der Waals surface area contributed by atoms with Crippen molar-refractivity contribution in [3.8, 4) is 5.75 Å². The molecule has 2 heterocycles. The van der Waals surface area contributed by atoms with Crippen molar-refractivity contribution in [1.82, 2.24) is 9.55 Å². The SMILES string of the molecule is CCCn1c(SCC(=O)Nc2ccc(OC)c(Cl)c2)nc2c(oc3ccccc32)c1=O. The number of hydrogen-bond acceptors (Lipinski definition) is 6. The van der Waals surface area contributed by atoms with Crippen LogP contribution in [0.4, 0.5) is 5.69 Å². The van der Waals surface area contributed by atoms with Gasteiger partial charge in [-0.15, -0.1) is 0 Å². The highest BCUT2D eigenvalue weighted by Gasteiger charge is 2.18. The first-order valence-electron chi connectivity index (χ1n) is 9.70. The maximum Gasteiger partial charge on any atom is 0.297 e. The molecule has 0 radical (unpaired) electrons. The smallest absolute Gasteiger partial charge is 0.297 e. The van der Waals surface area contributed by atoms with Crippen molar-refractivity contribution in [2.75, 3.05) is 18.2 Å². The van der Waals surface area contributed by atoms with Gasteiger partial charge in [0.2, 0.25) is 11.5 Å². The van der Waals surface area contributed by atoms with Crippen LogP contribution in [0.15, 0.2) is 56.8 Å². The van der Waals surface area contributed by atoms with Crippen molar-refractivity contribution in [2.45, 2.75) is 25.0 Å². The van der Waals surface area contributed by atoms with E-state index in [1.807, 2.05) is 25.1 Å². The molecule has 4 rings (SSSR count). The zero-order valence-corrected chi connectivity index (χ0v) is 18.5. The van der Waals surface area contributed by atoms with E-state index in [9.17, 15) is 9.59 Å². The summed E-state index contributed by atoms with van der Waals surface area (Å²) >= 11 is 7.32. The average molecular weight is 458 g/mol. The Morgan fingerprint density at radius 1 is 1.29 bits per heavy atom. The standard InChI is InChI=1S/C22H20ClN3O4S/c1-3-10-26-21(28)20-19(14-6-4-5-7-16(14)30-20)25-22(26)31-12-18(27)24-13-8-9-17(29-2)15(23)11-13/h4-9,11H,3,10,12H2,1-2H3,(H,24,27). The molecule has 0 aliphatic heterocycles. The molecule has 0 aliphatic carbocycles. The van der Waals surface area contributed by atoms with Crippen molar-refractivity contribution in [2.24, 2.45) is 0 Å². The molecule has 0 atom stereocenters. The molecule has 9 heteroatoms. The van der Waals surface area contributed by atoms with Crippen molar-refractivity contribution in [3.05, 3.63) is 57.8 Å². The molecule has 1 amide bonds. The molecule has 4 aromatic rings. The predicted molar refractivity (Wildman–Crippen MR) is 123 cm³/mol. The van der Waals surface area contributed by atoms with Crippen LogP contribution in [0.25, 0.3) is 22.1 Å². The van der Waals surface area contributed by atoms with Gasteiger partial charge in [0, 0.05) is 17.6 Å². The molecule has 31 heavy (non-hydrogen) atoms. The maximum absolute atomic E-state index is 13.0. The fourth-order valence-corrected chi connectivity index (χ4v) is 4.33. The summed E-state index contributed by atoms with van der Waals surface area (Å²) in [5.74, 6) is 0.379. The Morgan fingerprint density at radius 3 is 2.84 bits per heavy atom. The van der Waals surface area contributed by atoms with Crippen LogP contribution < -0.4 is 15.6 Å². The average Bonchev–Trinajstić information content (AvgIpc) is 3.14. The minimum absolute atomic E-state index is 0.0844. The second-order valence-corrected chi connectivity index (χ2v) is 8.16. The number of carbonyl (C=O) groups excluding carboxylic acids is 1. The minimum atomic E-state index is -0.243. The minimum Gasteiger partial charge on any atom is -0.495 e. The maximum atomic E-state index is 13.0. The number of anilines is 1. The van der Waals surface area contributed by atoms with Gasteiger partial charge in [0.1, 0.15) is 16.8 Å². The number of para-hydroxylation sites is 1. The molecule has 2 aromatic carbocycles. The van der Waals surface area contributed by atoms with Gasteiger partial charge in [0.15, 0.2) is 5.16 Å². The normalized spacial score (nSPS) is 11.2. The largest absolute Gasteiger partial charge is 0.495 e. The molecule has 7 nitrogen and oxygen atoms in total. The number of nitrogens with one attached hydrogen (secondary N) is 1. The molecular formula is C22H20ClN3O4S. The lowest BCUT2D eigenvalue weighted by molar-refractivity contribution is -0.113. The van der Waals surface area contributed by atoms with Crippen LogP contribution in [-0.2, 0) is 11.3 Å². The number of hydrogen-bond donors (Lipinski definition) is 1. The van der Waals surface area contributed by atoms with Crippen molar-refractivity contribution in [3.63, 3.8) is 0 Å². The highest BCUT2D eigenvalue weighted by Crippen LogP contribution is 2.29. The monoisotopic (exact) mass is 457 g/mol. The van der Waals surface area contributed by atoms with Gasteiger partial charge in [-0.3, -0.25) is 14.2 Å². The Bertz CT molecular complexity index is 1330. The van der Waals surface area contributed by atoms with E-state index in [1.165, 1.54) is 18.9 Å².